The van der Waals surface area contributed by atoms with Gasteiger partial charge in [-0.2, -0.15) is 0 Å². The van der Waals surface area contributed by atoms with Crippen LogP contribution in [0, 0.1) is 3.57 Å². The van der Waals surface area contributed by atoms with Gasteiger partial charge in [0.05, 0.1) is 6.61 Å². The number of carbonyl (C=O) groups excluding carboxylic acids is 1. The molecule has 0 amide bonds. The first-order chi connectivity index (χ1) is 8.19. The third-order valence-corrected chi connectivity index (χ3v) is 3.29. The lowest BCUT2D eigenvalue weighted by atomic mass is 10.1. The van der Waals surface area contributed by atoms with Crippen molar-refractivity contribution < 1.29 is 9.53 Å². The van der Waals surface area contributed by atoms with Crippen LogP contribution < -0.4 is 5.32 Å². The molecule has 0 radical (unpaired) electrons. The summed E-state index contributed by atoms with van der Waals surface area (Å²) in [7, 11) is 0. The fourth-order valence-corrected chi connectivity index (χ4v) is 2.09. The van der Waals surface area contributed by atoms with Crippen LogP contribution in [0.4, 0.5) is 5.69 Å². The van der Waals surface area contributed by atoms with Gasteiger partial charge in [-0.3, -0.25) is 0 Å². The summed E-state index contributed by atoms with van der Waals surface area (Å²) in [6.07, 6.45) is 1.73. The number of hydrogen-bond acceptors (Lipinski definition) is 3. The van der Waals surface area contributed by atoms with Crippen LogP contribution in [0.1, 0.15) is 26.7 Å². The summed E-state index contributed by atoms with van der Waals surface area (Å²) in [5, 5.41) is 3.25. The van der Waals surface area contributed by atoms with E-state index in [-0.39, 0.29) is 12.0 Å². The van der Waals surface area contributed by atoms with Gasteiger partial charge in [-0.25, -0.2) is 4.79 Å². The summed E-state index contributed by atoms with van der Waals surface area (Å²) in [6.45, 7) is 4.31. The smallest absolute Gasteiger partial charge is 0.328 e. The summed E-state index contributed by atoms with van der Waals surface area (Å²) in [5.41, 5.74) is 0.986. The molecule has 17 heavy (non-hydrogen) atoms. The Bertz CT molecular complexity index is 368. The van der Waals surface area contributed by atoms with Crippen molar-refractivity contribution in [1.82, 2.24) is 0 Å². The van der Waals surface area contributed by atoms with E-state index in [1.165, 1.54) is 0 Å². The molecule has 3 nitrogen and oxygen atoms in total. The molecule has 94 valence electrons. The number of benzene rings is 1. The molecular formula is C13H18INO2. The molecule has 1 N–H and O–H groups in total. The zero-order valence-corrected chi connectivity index (χ0v) is 12.4. The van der Waals surface area contributed by atoms with Crippen molar-refractivity contribution in [3.8, 4) is 0 Å². The van der Waals surface area contributed by atoms with Gasteiger partial charge in [0.25, 0.3) is 0 Å². The first kappa shape index (κ1) is 14.3. The summed E-state index contributed by atoms with van der Waals surface area (Å²) >= 11 is 2.25. The SMILES string of the molecule is CCCC(Nc1ccccc1I)C(=O)OCC. The van der Waals surface area contributed by atoms with Crippen molar-refractivity contribution in [3.63, 3.8) is 0 Å². The molecule has 4 heteroatoms. The molecule has 0 aliphatic rings. The van der Waals surface area contributed by atoms with Crippen LogP contribution in [0.2, 0.25) is 0 Å². The third kappa shape index (κ3) is 4.53. The zero-order valence-electron chi connectivity index (χ0n) is 10.2. The second kappa shape index (κ2) is 7.53. The van der Waals surface area contributed by atoms with E-state index in [4.69, 9.17) is 4.74 Å². The fourth-order valence-electron chi connectivity index (χ4n) is 1.55. The highest BCUT2D eigenvalue weighted by Crippen LogP contribution is 2.19. The number of esters is 1. The van der Waals surface area contributed by atoms with Crippen LogP contribution in [0.15, 0.2) is 24.3 Å². The minimum Gasteiger partial charge on any atom is -0.464 e. The van der Waals surface area contributed by atoms with Crippen molar-refractivity contribution in [2.45, 2.75) is 32.7 Å². The predicted molar refractivity (Wildman–Crippen MR) is 78.1 cm³/mol. The van der Waals surface area contributed by atoms with E-state index in [2.05, 4.69) is 34.8 Å². The van der Waals surface area contributed by atoms with Crippen LogP contribution in [0.25, 0.3) is 0 Å². The number of carbonyl (C=O) groups is 1. The first-order valence-corrected chi connectivity index (χ1v) is 6.94. The maximum atomic E-state index is 11.8. The molecule has 0 saturated carbocycles. The molecule has 1 atom stereocenters. The molecule has 1 aromatic carbocycles. The number of nitrogens with one attached hydrogen (secondary N) is 1. The molecule has 1 rings (SSSR count). The quantitative estimate of drug-likeness (QED) is 0.633. The summed E-state index contributed by atoms with van der Waals surface area (Å²) < 4.78 is 6.17. The lowest BCUT2D eigenvalue weighted by Crippen LogP contribution is -2.31. The van der Waals surface area contributed by atoms with Crippen molar-refractivity contribution in [2.75, 3.05) is 11.9 Å². The summed E-state index contributed by atoms with van der Waals surface area (Å²) in [4.78, 5) is 11.8. The number of anilines is 1. The van der Waals surface area contributed by atoms with Crippen molar-refractivity contribution in [2.24, 2.45) is 0 Å². The van der Waals surface area contributed by atoms with Gasteiger partial charge >= 0.3 is 5.97 Å². The number of hydrogen-bond donors (Lipinski definition) is 1. The molecule has 0 aliphatic carbocycles. The Labute approximate surface area is 116 Å². The highest BCUT2D eigenvalue weighted by atomic mass is 127. The van der Waals surface area contributed by atoms with Crippen molar-refractivity contribution in [3.05, 3.63) is 27.8 Å². The van der Waals surface area contributed by atoms with Gasteiger partial charge in [0, 0.05) is 9.26 Å². The van der Waals surface area contributed by atoms with Crippen LogP contribution in [-0.2, 0) is 9.53 Å². The monoisotopic (exact) mass is 347 g/mol. The van der Waals surface area contributed by atoms with Gasteiger partial charge in [0.1, 0.15) is 6.04 Å². The van der Waals surface area contributed by atoms with Crippen LogP contribution in [0.3, 0.4) is 0 Å². The lowest BCUT2D eigenvalue weighted by Gasteiger charge is -2.18. The highest BCUT2D eigenvalue weighted by Gasteiger charge is 2.19. The fraction of sp³-hybridized carbons (Fsp3) is 0.462. The minimum atomic E-state index is -0.254. The average molecular weight is 347 g/mol. The molecular weight excluding hydrogens is 329 g/mol. The average Bonchev–Trinajstić information content (AvgIpc) is 2.31. The number of rotatable bonds is 6. The van der Waals surface area contributed by atoms with Gasteiger partial charge in [-0.05, 0) is 48.1 Å². The first-order valence-electron chi connectivity index (χ1n) is 5.86. The Kier molecular flexibility index (Phi) is 6.32. The minimum absolute atomic E-state index is 0.172. The molecule has 1 unspecified atom stereocenters. The summed E-state index contributed by atoms with van der Waals surface area (Å²) in [6, 6.07) is 7.67. The van der Waals surface area contributed by atoms with E-state index in [0.29, 0.717) is 6.61 Å². The molecule has 0 heterocycles. The van der Waals surface area contributed by atoms with E-state index in [9.17, 15) is 4.79 Å². The maximum absolute atomic E-state index is 11.8. The Morgan fingerprint density at radius 1 is 1.41 bits per heavy atom. The number of ether oxygens (including phenoxy) is 1. The van der Waals surface area contributed by atoms with E-state index < -0.39 is 0 Å². The molecule has 0 fully saturated rings. The number of halogens is 1. The Hall–Kier alpha value is -0.780. The second-order valence-corrected chi connectivity index (χ2v) is 4.88. The van der Waals surface area contributed by atoms with Gasteiger partial charge in [-0.15, -0.1) is 0 Å². The van der Waals surface area contributed by atoms with E-state index >= 15 is 0 Å². The van der Waals surface area contributed by atoms with Crippen LogP contribution in [-0.4, -0.2) is 18.6 Å². The molecule has 0 aromatic heterocycles. The molecule has 1 aromatic rings. The summed E-state index contributed by atoms with van der Waals surface area (Å²) in [5.74, 6) is -0.172. The standard InChI is InChI=1S/C13H18INO2/c1-3-7-12(13(16)17-4-2)15-11-9-6-5-8-10(11)14/h5-6,8-9,12,15H,3-4,7H2,1-2H3. The van der Waals surface area contributed by atoms with Gasteiger partial charge in [-0.1, -0.05) is 25.5 Å². The zero-order chi connectivity index (χ0) is 12.7. The van der Waals surface area contributed by atoms with E-state index in [1.807, 2.05) is 31.2 Å². The van der Waals surface area contributed by atoms with E-state index in [1.54, 1.807) is 0 Å². The van der Waals surface area contributed by atoms with Gasteiger partial charge in [0.15, 0.2) is 0 Å². The highest BCUT2D eigenvalue weighted by molar-refractivity contribution is 14.1. The third-order valence-electron chi connectivity index (χ3n) is 2.35. The maximum Gasteiger partial charge on any atom is 0.328 e. The predicted octanol–water partition coefficient (Wildman–Crippen LogP) is 3.43. The van der Waals surface area contributed by atoms with Gasteiger partial charge in [0.2, 0.25) is 0 Å². The number of para-hydroxylation sites is 1. The van der Waals surface area contributed by atoms with Crippen molar-refractivity contribution >= 4 is 34.2 Å². The Balaban J connectivity index is 2.73. The lowest BCUT2D eigenvalue weighted by molar-refractivity contribution is -0.144. The Morgan fingerprint density at radius 2 is 2.12 bits per heavy atom. The van der Waals surface area contributed by atoms with Crippen molar-refractivity contribution in [1.29, 1.82) is 0 Å². The van der Waals surface area contributed by atoms with E-state index in [0.717, 1.165) is 22.1 Å². The van der Waals surface area contributed by atoms with Gasteiger partial charge < -0.3 is 10.1 Å². The van der Waals surface area contributed by atoms with Crippen LogP contribution >= 0.6 is 22.6 Å². The largest absolute Gasteiger partial charge is 0.464 e. The molecule has 0 spiro atoms. The second-order valence-electron chi connectivity index (χ2n) is 3.72. The molecule has 0 bridgehead atoms. The normalized spacial score (nSPS) is 11.9. The molecule has 0 saturated heterocycles. The molecule has 0 aliphatic heterocycles. The van der Waals surface area contributed by atoms with Crippen LogP contribution in [0.5, 0.6) is 0 Å². The topological polar surface area (TPSA) is 38.3 Å². The Morgan fingerprint density at radius 3 is 2.71 bits per heavy atom.